The van der Waals surface area contributed by atoms with Crippen molar-refractivity contribution in [2.75, 3.05) is 0 Å². The van der Waals surface area contributed by atoms with E-state index >= 15 is 0 Å². The van der Waals surface area contributed by atoms with Gasteiger partial charge < -0.3 is 0 Å². The molecule has 0 radical (unpaired) electrons. The van der Waals surface area contributed by atoms with Crippen molar-refractivity contribution in [1.82, 2.24) is 0 Å². The van der Waals surface area contributed by atoms with E-state index in [1.54, 1.807) is 6.07 Å². The third-order valence-electron chi connectivity index (χ3n) is 6.44. The van der Waals surface area contributed by atoms with Crippen LogP contribution in [0, 0.1) is 36.3 Å². The Kier molecular flexibility index (Phi) is 5.71. The summed E-state index contributed by atoms with van der Waals surface area (Å²) in [5, 5.41) is 0. The summed E-state index contributed by atoms with van der Waals surface area (Å²) in [7, 11) is 0. The van der Waals surface area contributed by atoms with Crippen LogP contribution in [0.3, 0.4) is 0 Å². The lowest BCUT2D eigenvalue weighted by molar-refractivity contribution is 0.163. The zero-order chi connectivity index (χ0) is 16.2. The number of hydrogen-bond acceptors (Lipinski definition) is 0. The van der Waals surface area contributed by atoms with E-state index < -0.39 is 11.6 Å². The van der Waals surface area contributed by atoms with Crippen molar-refractivity contribution in [1.29, 1.82) is 0 Å². The molecule has 128 valence electrons. The highest BCUT2D eigenvalue weighted by Crippen LogP contribution is 2.41. The molecule has 2 heteroatoms. The minimum atomic E-state index is -0.702. The molecule has 0 amide bonds. The fraction of sp³-hybridized carbons (Fsp3) is 0.714. The number of hydrogen-bond donors (Lipinski definition) is 0. The highest BCUT2D eigenvalue weighted by atomic mass is 19.2. The third-order valence-corrected chi connectivity index (χ3v) is 6.44. The molecule has 0 saturated heterocycles. The maximum atomic E-state index is 13.9. The molecule has 1 aromatic rings. The lowest BCUT2D eigenvalue weighted by Crippen LogP contribution is -2.23. The van der Waals surface area contributed by atoms with Gasteiger partial charge in [0.05, 0.1) is 0 Å². The van der Waals surface area contributed by atoms with Crippen molar-refractivity contribution < 1.29 is 8.78 Å². The second kappa shape index (κ2) is 7.77. The van der Waals surface area contributed by atoms with Crippen LogP contribution in [0.25, 0.3) is 0 Å². The molecule has 2 aliphatic carbocycles. The van der Waals surface area contributed by atoms with E-state index in [1.165, 1.54) is 63.9 Å². The second-order valence-corrected chi connectivity index (χ2v) is 7.87. The number of aryl methyl sites for hydroxylation is 1. The first kappa shape index (κ1) is 16.9. The van der Waals surface area contributed by atoms with Crippen molar-refractivity contribution in [3.8, 4) is 0 Å². The van der Waals surface area contributed by atoms with Gasteiger partial charge in [-0.05, 0) is 67.6 Å². The molecule has 2 saturated carbocycles. The fourth-order valence-electron chi connectivity index (χ4n) is 4.90. The molecule has 0 unspecified atom stereocenters. The molecule has 2 fully saturated rings. The molecule has 1 aromatic carbocycles. The van der Waals surface area contributed by atoms with Crippen molar-refractivity contribution in [3.63, 3.8) is 0 Å². The van der Waals surface area contributed by atoms with Crippen molar-refractivity contribution in [2.24, 2.45) is 17.8 Å². The van der Waals surface area contributed by atoms with E-state index in [0.29, 0.717) is 17.9 Å². The number of benzene rings is 1. The Balaban J connectivity index is 1.49. The van der Waals surface area contributed by atoms with Gasteiger partial charge >= 0.3 is 0 Å². The van der Waals surface area contributed by atoms with Crippen LogP contribution < -0.4 is 0 Å². The van der Waals surface area contributed by atoms with Crippen LogP contribution in [0.15, 0.2) is 12.1 Å². The van der Waals surface area contributed by atoms with E-state index in [1.807, 2.05) is 6.92 Å². The molecule has 0 aliphatic heterocycles. The quantitative estimate of drug-likeness (QED) is 0.587. The number of rotatable bonds is 4. The smallest absolute Gasteiger partial charge is 0.162 e. The Hall–Kier alpha value is -0.920. The monoisotopic (exact) mass is 320 g/mol. The van der Waals surface area contributed by atoms with Gasteiger partial charge in [-0.1, -0.05) is 51.0 Å². The molecule has 0 nitrogen and oxygen atoms in total. The van der Waals surface area contributed by atoms with Crippen LogP contribution in [-0.4, -0.2) is 0 Å². The van der Waals surface area contributed by atoms with Crippen LogP contribution in [0.5, 0.6) is 0 Å². The summed E-state index contributed by atoms with van der Waals surface area (Å²) in [6.45, 7) is 1.89. The summed E-state index contributed by atoms with van der Waals surface area (Å²) >= 11 is 0. The van der Waals surface area contributed by atoms with Crippen molar-refractivity contribution in [3.05, 3.63) is 34.9 Å². The summed E-state index contributed by atoms with van der Waals surface area (Å²) < 4.78 is 27.4. The minimum Gasteiger partial charge on any atom is -0.204 e. The maximum Gasteiger partial charge on any atom is 0.162 e. The molecule has 0 atom stereocenters. The maximum absolute atomic E-state index is 13.9. The summed E-state index contributed by atoms with van der Waals surface area (Å²) in [5.41, 5.74) is 1.49. The van der Waals surface area contributed by atoms with Crippen molar-refractivity contribution >= 4 is 0 Å². The molecule has 0 heterocycles. The molecule has 2 aliphatic rings. The zero-order valence-electron chi connectivity index (χ0n) is 14.4. The summed E-state index contributed by atoms with van der Waals surface area (Å²) in [6, 6.07) is 2.94. The highest BCUT2D eigenvalue weighted by Gasteiger charge is 2.28. The molecule has 0 aromatic heterocycles. The summed E-state index contributed by atoms with van der Waals surface area (Å²) in [4.78, 5) is 0. The van der Waals surface area contributed by atoms with Crippen molar-refractivity contribution in [2.45, 2.75) is 77.6 Å². The zero-order valence-corrected chi connectivity index (χ0v) is 14.4. The lowest BCUT2D eigenvalue weighted by Gasteiger charge is -2.36. The van der Waals surface area contributed by atoms with Gasteiger partial charge in [0.1, 0.15) is 0 Å². The van der Waals surface area contributed by atoms with E-state index in [4.69, 9.17) is 0 Å². The SMILES string of the molecule is Cc1ccc(F)c(F)c1CCC1CCC(C2CCCCC2)CC1. The summed E-state index contributed by atoms with van der Waals surface area (Å²) in [6.07, 6.45) is 14.2. The Morgan fingerprint density at radius 2 is 1.52 bits per heavy atom. The first-order valence-electron chi connectivity index (χ1n) is 9.58. The van der Waals surface area contributed by atoms with E-state index in [0.717, 1.165) is 23.8 Å². The van der Waals surface area contributed by atoms with Gasteiger partial charge in [-0.25, -0.2) is 8.78 Å². The van der Waals surface area contributed by atoms with Gasteiger partial charge in [-0.15, -0.1) is 0 Å². The topological polar surface area (TPSA) is 0 Å². The molecule has 23 heavy (non-hydrogen) atoms. The molecular formula is C21H30F2. The first-order chi connectivity index (χ1) is 11.1. The minimum absolute atomic E-state index is 0.597. The molecular weight excluding hydrogens is 290 g/mol. The second-order valence-electron chi connectivity index (χ2n) is 7.87. The predicted octanol–water partition coefficient (Wildman–Crippen LogP) is 6.59. The molecule has 0 bridgehead atoms. The normalized spacial score (nSPS) is 26.4. The van der Waals surface area contributed by atoms with Gasteiger partial charge in [-0.3, -0.25) is 0 Å². The predicted molar refractivity (Wildman–Crippen MR) is 91.4 cm³/mol. The van der Waals surface area contributed by atoms with Gasteiger partial charge in [0.15, 0.2) is 11.6 Å². The van der Waals surface area contributed by atoms with E-state index in [9.17, 15) is 8.78 Å². The van der Waals surface area contributed by atoms with Crippen LogP contribution in [0.1, 0.15) is 75.3 Å². The van der Waals surface area contributed by atoms with Gasteiger partial charge in [-0.2, -0.15) is 0 Å². The van der Waals surface area contributed by atoms with Gasteiger partial charge in [0.25, 0.3) is 0 Å². The van der Waals surface area contributed by atoms with Gasteiger partial charge in [0.2, 0.25) is 0 Å². The molecule has 0 spiro atoms. The standard InChI is InChI=1S/C21H30F2/c1-15-7-14-20(22)21(23)19(15)13-10-16-8-11-18(12-9-16)17-5-3-2-4-6-17/h7,14,16-18H,2-6,8-13H2,1H3. The average Bonchev–Trinajstić information content (AvgIpc) is 2.60. The van der Waals surface area contributed by atoms with E-state index in [-0.39, 0.29) is 0 Å². The van der Waals surface area contributed by atoms with E-state index in [2.05, 4.69) is 0 Å². The Bertz CT molecular complexity index is 509. The molecule has 3 rings (SSSR count). The fourth-order valence-corrected chi connectivity index (χ4v) is 4.90. The first-order valence-corrected chi connectivity index (χ1v) is 9.58. The van der Waals surface area contributed by atoms with Crippen LogP contribution >= 0.6 is 0 Å². The average molecular weight is 320 g/mol. The van der Waals surface area contributed by atoms with Crippen LogP contribution in [-0.2, 0) is 6.42 Å². The number of halogens is 2. The third kappa shape index (κ3) is 4.14. The summed E-state index contributed by atoms with van der Waals surface area (Å²) in [5.74, 6) is 1.30. The Labute approximate surface area is 139 Å². The lowest BCUT2D eigenvalue weighted by atomic mass is 9.70. The van der Waals surface area contributed by atoms with Crippen LogP contribution in [0.4, 0.5) is 8.78 Å². The highest BCUT2D eigenvalue weighted by molar-refractivity contribution is 5.28. The largest absolute Gasteiger partial charge is 0.204 e. The Morgan fingerprint density at radius 3 is 2.22 bits per heavy atom. The van der Waals surface area contributed by atoms with Crippen LogP contribution in [0.2, 0.25) is 0 Å². The molecule has 0 N–H and O–H groups in total. The Morgan fingerprint density at radius 1 is 0.870 bits per heavy atom. The van der Waals surface area contributed by atoms with Gasteiger partial charge in [0, 0.05) is 0 Å².